The standard InChI is InChI=1S/C27H37N5O7S3/c1-31(19(14-41-5)26(37)32(2)20(15-42-6)27(38)39-3)22(34)12-28-24(35)18(13-40-4)30-25(36)23-21(33)11-16-9-7-8-10-17(16)29-23/h7-11,18-20,33H,12-15H2,1-6H3,(H,28,35)(H,30,36)/t18-,19+,20+/m1/s1. The van der Waals surface area contributed by atoms with E-state index in [2.05, 4.69) is 15.6 Å². The first-order valence-corrected chi connectivity index (χ1v) is 16.9. The molecule has 3 N–H and O–H groups in total. The lowest BCUT2D eigenvalue weighted by Crippen LogP contribution is -2.56. The summed E-state index contributed by atoms with van der Waals surface area (Å²) in [6, 6.07) is 5.66. The zero-order chi connectivity index (χ0) is 31.4. The van der Waals surface area contributed by atoms with E-state index in [-0.39, 0.29) is 22.9 Å². The summed E-state index contributed by atoms with van der Waals surface area (Å²) < 4.78 is 4.84. The Morgan fingerprint density at radius 1 is 0.952 bits per heavy atom. The molecule has 42 heavy (non-hydrogen) atoms. The van der Waals surface area contributed by atoms with Crippen molar-refractivity contribution in [2.24, 2.45) is 0 Å². The van der Waals surface area contributed by atoms with E-state index in [0.717, 1.165) is 0 Å². The van der Waals surface area contributed by atoms with Gasteiger partial charge in [-0.15, -0.1) is 0 Å². The smallest absolute Gasteiger partial charge is 0.329 e. The van der Waals surface area contributed by atoms with Gasteiger partial charge in [0.25, 0.3) is 5.91 Å². The Hall–Kier alpha value is -3.17. The summed E-state index contributed by atoms with van der Waals surface area (Å²) in [5, 5.41) is 16.1. The molecule has 12 nitrogen and oxygen atoms in total. The van der Waals surface area contributed by atoms with Gasteiger partial charge in [-0.05, 0) is 30.9 Å². The van der Waals surface area contributed by atoms with Crippen LogP contribution in [-0.4, -0.2) is 131 Å². The van der Waals surface area contributed by atoms with Gasteiger partial charge >= 0.3 is 5.97 Å². The number of carbonyl (C=O) groups excluding carboxylic acids is 5. The van der Waals surface area contributed by atoms with Crippen molar-refractivity contribution in [2.75, 3.05) is 63.8 Å². The predicted molar refractivity (Wildman–Crippen MR) is 168 cm³/mol. The molecule has 4 amide bonds. The molecular weight excluding hydrogens is 603 g/mol. The number of thioether (sulfide) groups is 3. The number of rotatable bonds is 15. The van der Waals surface area contributed by atoms with Gasteiger partial charge in [-0.25, -0.2) is 9.78 Å². The minimum atomic E-state index is -1.03. The molecule has 1 heterocycles. The fraction of sp³-hybridized carbons (Fsp3) is 0.481. The van der Waals surface area contributed by atoms with Crippen LogP contribution in [0.5, 0.6) is 5.75 Å². The normalized spacial score (nSPS) is 13.0. The summed E-state index contributed by atoms with van der Waals surface area (Å²) >= 11 is 4.04. The monoisotopic (exact) mass is 639 g/mol. The summed E-state index contributed by atoms with van der Waals surface area (Å²) in [6.45, 7) is -0.428. The van der Waals surface area contributed by atoms with Crippen molar-refractivity contribution in [3.05, 3.63) is 36.0 Å². The zero-order valence-electron chi connectivity index (χ0n) is 24.4. The first kappa shape index (κ1) is 35.0. The molecule has 0 fully saturated rings. The van der Waals surface area contributed by atoms with E-state index < -0.39 is 54.3 Å². The lowest BCUT2D eigenvalue weighted by Gasteiger charge is -2.33. The molecule has 0 radical (unpaired) electrons. The molecule has 2 rings (SSSR count). The average Bonchev–Trinajstić information content (AvgIpc) is 2.98. The van der Waals surface area contributed by atoms with Crippen molar-refractivity contribution >= 4 is 75.8 Å². The second kappa shape index (κ2) is 17.1. The Labute approximate surface area is 258 Å². The van der Waals surface area contributed by atoms with Crippen LogP contribution >= 0.6 is 35.3 Å². The second-order valence-electron chi connectivity index (χ2n) is 9.17. The second-order valence-corrected chi connectivity index (χ2v) is 11.9. The number of methoxy groups -OCH3 is 1. The molecule has 0 spiro atoms. The Morgan fingerprint density at radius 2 is 1.57 bits per heavy atom. The maximum Gasteiger partial charge on any atom is 0.329 e. The minimum absolute atomic E-state index is 0.193. The molecule has 0 bridgehead atoms. The van der Waals surface area contributed by atoms with Gasteiger partial charge in [0, 0.05) is 36.7 Å². The third-order valence-electron chi connectivity index (χ3n) is 6.37. The number of nitrogens with zero attached hydrogens (tertiary/aromatic N) is 3. The molecule has 0 aliphatic heterocycles. The number of aromatic hydroxyl groups is 1. The number of pyridine rings is 1. The fourth-order valence-electron chi connectivity index (χ4n) is 3.96. The molecule has 0 aliphatic rings. The van der Waals surface area contributed by atoms with E-state index in [4.69, 9.17) is 4.74 Å². The van der Waals surface area contributed by atoms with Gasteiger partial charge in [-0.1, -0.05) is 18.2 Å². The van der Waals surface area contributed by atoms with Crippen LogP contribution in [0.2, 0.25) is 0 Å². The largest absolute Gasteiger partial charge is 0.505 e. The summed E-state index contributed by atoms with van der Waals surface area (Å²) in [5.74, 6) is -2.43. The third kappa shape index (κ3) is 9.16. The molecule has 2 aromatic rings. The van der Waals surface area contributed by atoms with Gasteiger partial charge in [-0.2, -0.15) is 35.3 Å². The van der Waals surface area contributed by atoms with Crippen molar-refractivity contribution in [3.8, 4) is 5.75 Å². The number of hydrogen-bond acceptors (Lipinski definition) is 11. The highest BCUT2D eigenvalue weighted by molar-refractivity contribution is 7.99. The van der Waals surface area contributed by atoms with Crippen molar-refractivity contribution in [3.63, 3.8) is 0 Å². The number of nitrogens with one attached hydrogen (secondary N) is 2. The van der Waals surface area contributed by atoms with Crippen LogP contribution in [-0.2, 0) is 23.9 Å². The van der Waals surface area contributed by atoms with E-state index in [1.54, 1.807) is 43.0 Å². The maximum atomic E-state index is 13.4. The van der Waals surface area contributed by atoms with Crippen LogP contribution < -0.4 is 10.6 Å². The van der Waals surface area contributed by atoms with Crippen LogP contribution in [0.1, 0.15) is 10.5 Å². The highest BCUT2D eigenvalue weighted by Crippen LogP contribution is 2.22. The molecule has 0 saturated heterocycles. The van der Waals surface area contributed by atoms with Crippen LogP contribution in [0, 0.1) is 0 Å². The third-order valence-corrected chi connectivity index (χ3v) is 8.34. The minimum Gasteiger partial charge on any atom is -0.505 e. The Morgan fingerprint density at radius 3 is 2.19 bits per heavy atom. The maximum absolute atomic E-state index is 13.4. The number of ether oxygens (including phenoxy) is 1. The highest BCUT2D eigenvalue weighted by Gasteiger charge is 2.35. The van der Waals surface area contributed by atoms with Gasteiger partial charge in [-0.3, -0.25) is 19.2 Å². The molecular formula is C27H37N5O7S3. The van der Waals surface area contributed by atoms with Gasteiger partial charge < -0.3 is 30.3 Å². The predicted octanol–water partition coefficient (Wildman–Crippen LogP) is 1.07. The van der Waals surface area contributed by atoms with Crippen LogP contribution in [0.15, 0.2) is 30.3 Å². The van der Waals surface area contributed by atoms with Crippen molar-refractivity contribution in [1.29, 1.82) is 0 Å². The number of fused-ring (bicyclic) bond motifs is 1. The first-order chi connectivity index (χ1) is 20.0. The number of esters is 1. The number of hydrogen-bond donors (Lipinski definition) is 3. The molecule has 1 aromatic carbocycles. The molecule has 0 unspecified atom stereocenters. The number of amides is 4. The number of likely N-dealkylation sites (N-methyl/N-ethyl adjacent to an activating group) is 2. The summed E-state index contributed by atoms with van der Waals surface area (Å²) in [5.41, 5.74) is 0.281. The Bertz CT molecular complexity index is 1280. The van der Waals surface area contributed by atoms with Crippen molar-refractivity contribution < 1.29 is 33.8 Å². The molecule has 230 valence electrons. The lowest BCUT2D eigenvalue weighted by atomic mass is 10.1. The molecule has 3 atom stereocenters. The van der Waals surface area contributed by atoms with Crippen molar-refractivity contribution in [1.82, 2.24) is 25.4 Å². The zero-order valence-corrected chi connectivity index (χ0v) is 26.9. The van der Waals surface area contributed by atoms with Crippen LogP contribution in [0.4, 0.5) is 0 Å². The van der Waals surface area contributed by atoms with E-state index in [9.17, 15) is 29.1 Å². The number of carbonyl (C=O) groups is 5. The Kier molecular flexibility index (Phi) is 14.2. The number of benzene rings is 1. The topological polar surface area (TPSA) is 158 Å². The van der Waals surface area contributed by atoms with E-state index in [1.807, 2.05) is 0 Å². The average molecular weight is 640 g/mol. The van der Waals surface area contributed by atoms with Crippen LogP contribution in [0.25, 0.3) is 10.9 Å². The summed E-state index contributed by atoms with van der Waals surface area (Å²) in [6.07, 6.45) is 5.35. The highest BCUT2D eigenvalue weighted by atomic mass is 32.2. The van der Waals surface area contributed by atoms with Crippen molar-refractivity contribution in [2.45, 2.75) is 18.1 Å². The van der Waals surface area contributed by atoms with E-state index in [0.29, 0.717) is 16.7 Å². The number of para-hydroxylation sites is 1. The molecule has 15 heteroatoms. The molecule has 0 aliphatic carbocycles. The molecule has 0 saturated carbocycles. The van der Waals surface area contributed by atoms with Gasteiger partial charge in [0.1, 0.15) is 23.9 Å². The number of aromatic nitrogens is 1. The first-order valence-electron chi connectivity index (χ1n) is 12.7. The Balaban J connectivity index is 2.10. The van der Waals surface area contributed by atoms with Gasteiger partial charge in [0.15, 0.2) is 5.69 Å². The van der Waals surface area contributed by atoms with E-state index >= 15 is 0 Å². The van der Waals surface area contributed by atoms with Gasteiger partial charge in [0.2, 0.25) is 17.7 Å². The van der Waals surface area contributed by atoms with E-state index in [1.165, 1.54) is 72.4 Å². The molecule has 1 aromatic heterocycles. The quantitative estimate of drug-likeness (QED) is 0.240. The summed E-state index contributed by atoms with van der Waals surface area (Å²) in [7, 11) is 4.20. The lowest BCUT2D eigenvalue weighted by molar-refractivity contribution is -0.153. The SMILES string of the molecule is COC(=O)[C@H](CSC)N(C)C(=O)[C@H](CSC)N(C)C(=O)CNC(=O)[C@@H](CSC)NC(=O)c1nc2ccccc2cc1O. The summed E-state index contributed by atoms with van der Waals surface area (Å²) in [4.78, 5) is 71.4. The van der Waals surface area contributed by atoms with Gasteiger partial charge in [0.05, 0.1) is 19.2 Å². The van der Waals surface area contributed by atoms with Crippen LogP contribution in [0.3, 0.4) is 0 Å². The fourth-order valence-corrected chi connectivity index (χ4v) is 5.89.